The minimum atomic E-state index is -0.186. The van der Waals surface area contributed by atoms with E-state index in [1.165, 1.54) is 0 Å². The Morgan fingerprint density at radius 1 is 1.41 bits per heavy atom. The van der Waals surface area contributed by atoms with Crippen molar-refractivity contribution in [3.63, 3.8) is 0 Å². The molecule has 6 heteroatoms. The predicted octanol–water partition coefficient (Wildman–Crippen LogP) is 1.22. The number of aromatic nitrogens is 1. The fourth-order valence-corrected chi connectivity index (χ4v) is 2.68. The lowest BCUT2D eigenvalue weighted by Gasteiger charge is -2.17. The third-order valence-electron chi connectivity index (χ3n) is 4.01. The van der Waals surface area contributed by atoms with E-state index in [9.17, 15) is 9.59 Å². The Morgan fingerprint density at radius 2 is 2.23 bits per heavy atom. The first-order valence-corrected chi connectivity index (χ1v) is 7.87. The normalized spacial score (nSPS) is 20.8. The van der Waals surface area contributed by atoms with E-state index in [1.807, 2.05) is 11.8 Å². The number of amides is 2. The Morgan fingerprint density at radius 3 is 2.95 bits per heavy atom. The molecule has 1 aliphatic heterocycles. The van der Waals surface area contributed by atoms with E-state index in [1.54, 1.807) is 18.3 Å². The van der Waals surface area contributed by atoms with Crippen molar-refractivity contribution in [1.29, 1.82) is 0 Å². The summed E-state index contributed by atoms with van der Waals surface area (Å²) in [6.45, 7) is 3.73. The minimum Gasteiger partial charge on any atom is -0.472 e. The van der Waals surface area contributed by atoms with Gasteiger partial charge in [-0.3, -0.25) is 9.59 Å². The lowest BCUT2D eigenvalue weighted by molar-refractivity contribution is -0.131. The predicted molar refractivity (Wildman–Crippen MR) is 80.6 cm³/mol. The second kappa shape index (κ2) is 6.34. The van der Waals surface area contributed by atoms with E-state index < -0.39 is 0 Å². The molecular weight excluding hydrogens is 282 g/mol. The summed E-state index contributed by atoms with van der Waals surface area (Å²) in [5.74, 6) is 0.643. The van der Waals surface area contributed by atoms with E-state index in [-0.39, 0.29) is 23.8 Å². The van der Waals surface area contributed by atoms with Gasteiger partial charge in [-0.15, -0.1) is 0 Å². The zero-order valence-electron chi connectivity index (χ0n) is 12.7. The van der Waals surface area contributed by atoms with Gasteiger partial charge in [0.15, 0.2) is 0 Å². The summed E-state index contributed by atoms with van der Waals surface area (Å²) in [6, 6.07) is 3.42. The van der Waals surface area contributed by atoms with Gasteiger partial charge in [0.2, 0.25) is 11.8 Å². The summed E-state index contributed by atoms with van der Waals surface area (Å²) in [5, 5.41) is 2.75. The number of hydrogen-bond acceptors (Lipinski definition) is 4. The summed E-state index contributed by atoms with van der Waals surface area (Å²) in [6.07, 6.45) is 4.33. The molecule has 2 aliphatic rings. The van der Waals surface area contributed by atoms with Gasteiger partial charge >= 0.3 is 0 Å². The lowest BCUT2D eigenvalue weighted by atomic mass is 10.2. The number of carbonyl (C=O) groups excluding carboxylic acids is 2. The number of pyridine rings is 1. The molecule has 118 valence electrons. The van der Waals surface area contributed by atoms with Crippen LogP contribution in [0.4, 0.5) is 0 Å². The smallest absolute Gasteiger partial charge is 0.256 e. The number of nitrogens with one attached hydrogen (secondary N) is 1. The quantitative estimate of drug-likeness (QED) is 0.888. The van der Waals surface area contributed by atoms with Crippen LogP contribution in [0.25, 0.3) is 0 Å². The molecule has 22 heavy (non-hydrogen) atoms. The lowest BCUT2D eigenvalue weighted by Crippen LogP contribution is -2.32. The molecule has 6 nitrogen and oxygen atoms in total. The van der Waals surface area contributed by atoms with E-state index in [0.29, 0.717) is 24.5 Å². The third-order valence-corrected chi connectivity index (χ3v) is 4.01. The van der Waals surface area contributed by atoms with Crippen LogP contribution in [0.2, 0.25) is 0 Å². The number of likely N-dealkylation sites (tertiary alicyclic amines) is 1. The molecule has 3 rings (SSSR count). The van der Waals surface area contributed by atoms with Crippen LogP contribution in [0.5, 0.6) is 5.88 Å². The Kier molecular flexibility index (Phi) is 4.27. The van der Waals surface area contributed by atoms with Crippen molar-refractivity contribution in [2.45, 2.75) is 32.3 Å². The van der Waals surface area contributed by atoms with Gasteiger partial charge in [0.1, 0.15) is 11.7 Å². The van der Waals surface area contributed by atoms with Gasteiger partial charge < -0.3 is 15.0 Å². The Labute approximate surface area is 129 Å². The van der Waals surface area contributed by atoms with Crippen LogP contribution in [-0.2, 0) is 4.79 Å². The van der Waals surface area contributed by atoms with Crippen LogP contribution in [-0.4, -0.2) is 47.4 Å². The molecular formula is C16H21N3O3. The summed E-state index contributed by atoms with van der Waals surface area (Å²) >= 11 is 0. The topological polar surface area (TPSA) is 71.5 Å². The molecule has 1 atom stereocenters. The van der Waals surface area contributed by atoms with Crippen LogP contribution in [0.3, 0.4) is 0 Å². The Bertz CT molecular complexity index is 572. The number of rotatable bonds is 5. The Hall–Kier alpha value is -2.11. The first-order valence-electron chi connectivity index (χ1n) is 7.87. The first kappa shape index (κ1) is 14.8. The van der Waals surface area contributed by atoms with Crippen LogP contribution in [0, 0.1) is 5.92 Å². The molecule has 1 saturated heterocycles. The van der Waals surface area contributed by atoms with Crippen LogP contribution >= 0.6 is 0 Å². The number of carbonyl (C=O) groups is 2. The SMILES string of the molecule is CCNC(=O)c1cccnc1OC1CCN(C(=O)C2CC2)C1. The molecule has 0 bridgehead atoms. The van der Waals surface area contributed by atoms with Gasteiger partial charge in [-0.2, -0.15) is 0 Å². The Balaban J connectivity index is 1.64. The molecule has 2 heterocycles. The maximum absolute atomic E-state index is 12.1. The third kappa shape index (κ3) is 3.21. The number of ether oxygens (including phenoxy) is 1. The van der Waals surface area contributed by atoms with Gasteiger partial charge in [-0.05, 0) is 31.9 Å². The highest BCUT2D eigenvalue weighted by Crippen LogP contribution is 2.32. The van der Waals surface area contributed by atoms with Crippen molar-refractivity contribution < 1.29 is 14.3 Å². The van der Waals surface area contributed by atoms with E-state index in [4.69, 9.17) is 4.74 Å². The zero-order valence-corrected chi connectivity index (χ0v) is 12.7. The molecule has 1 saturated carbocycles. The largest absolute Gasteiger partial charge is 0.472 e. The molecule has 2 fully saturated rings. The molecule has 1 unspecified atom stereocenters. The summed E-state index contributed by atoms with van der Waals surface area (Å²) in [4.78, 5) is 30.1. The molecule has 1 aromatic rings. The maximum atomic E-state index is 12.1. The van der Waals surface area contributed by atoms with Crippen molar-refractivity contribution in [2.75, 3.05) is 19.6 Å². The monoisotopic (exact) mass is 303 g/mol. The van der Waals surface area contributed by atoms with Gasteiger partial charge in [0.05, 0.1) is 6.54 Å². The van der Waals surface area contributed by atoms with Crippen molar-refractivity contribution in [2.24, 2.45) is 5.92 Å². The van der Waals surface area contributed by atoms with Crippen molar-refractivity contribution >= 4 is 11.8 Å². The van der Waals surface area contributed by atoms with E-state index in [0.717, 1.165) is 25.8 Å². The average molecular weight is 303 g/mol. The number of hydrogen-bond donors (Lipinski definition) is 1. The van der Waals surface area contributed by atoms with Gasteiger partial charge in [0, 0.05) is 31.6 Å². The summed E-state index contributed by atoms with van der Waals surface area (Å²) in [7, 11) is 0. The van der Waals surface area contributed by atoms with Gasteiger partial charge in [-0.1, -0.05) is 0 Å². The molecule has 0 aromatic carbocycles. The van der Waals surface area contributed by atoms with Crippen molar-refractivity contribution in [3.8, 4) is 5.88 Å². The van der Waals surface area contributed by atoms with Crippen LogP contribution in [0.1, 0.15) is 36.5 Å². The van der Waals surface area contributed by atoms with Crippen LogP contribution in [0.15, 0.2) is 18.3 Å². The molecule has 2 amide bonds. The van der Waals surface area contributed by atoms with Crippen LogP contribution < -0.4 is 10.1 Å². The maximum Gasteiger partial charge on any atom is 0.256 e. The second-order valence-corrected chi connectivity index (χ2v) is 5.80. The highest BCUT2D eigenvalue weighted by Gasteiger charge is 2.37. The number of nitrogens with zero attached hydrogens (tertiary/aromatic N) is 2. The minimum absolute atomic E-state index is 0.0919. The second-order valence-electron chi connectivity index (χ2n) is 5.80. The van der Waals surface area contributed by atoms with E-state index in [2.05, 4.69) is 10.3 Å². The molecule has 1 aromatic heterocycles. The van der Waals surface area contributed by atoms with Crippen molar-refractivity contribution in [3.05, 3.63) is 23.9 Å². The molecule has 0 radical (unpaired) electrons. The highest BCUT2D eigenvalue weighted by molar-refractivity contribution is 5.96. The summed E-state index contributed by atoms with van der Waals surface area (Å²) < 4.78 is 5.89. The van der Waals surface area contributed by atoms with Gasteiger partial charge in [0.25, 0.3) is 5.91 Å². The first-order chi connectivity index (χ1) is 10.7. The fraction of sp³-hybridized carbons (Fsp3) is 0.562. The van der Waals surface area contributed by atoms with E-state index >= 15 is 0 Å². The zero-order chi connectivity index (χ0) is 15.5. The standard InChI is InChI=1S/C16H21N3O3/c1-2-17-14(20)13-4-3-8-18-15(13)22-12-7-9-19(10-12)16(21)11-5-6-11/h3-4,8,11-12H,2,5-7,9-10H2,1H3,(H,17,20). The van der Waals surface area contributed by atoms with Crippen molar-refractivity contribution in [1.82, 2.24) is 15.2 Å². The fourth-order valence-electron chi connectivity index (χ4n) is 2.68. The molecule has 1 aliphatic carbocycles. The average Bonchev–Trinajstić information content (AvgIpc) is 3.27. The van der Waals surface area contributed by atoms with Gasteiger partial charge in [-0.25, -0.2) is 4.98 Å². The molecule has 0 spiro atoms. The summed E-state index contributed by atoms with van der Waals surface area (Å²) in [5.41, 5.74) is 0.441. The molecule has 1 N–H and O–H groups in total. The highest BCUT2D eigenvalue weighted by atomic mass is 16.5.